The molecule has 3 rings (SSSR count). The van der Waals surface area contributed by atoms with Crippen LogP contribution in [0.3, 0.4) is 0 Å². The Kier molecular flexibility index (Phi) is 4.29. The molecular formula is C14H24ClIP2. The number of hydrogen-bond donors (Lipinski definition) is 0. The second-order valence-corrected chi connectivity index (χ2v) is 16.3. The minimum atomic E-state index is -0.462. The summed E-state index contributed by atoms with van der Waals surface area (Å²) in [5, 5.41) is 0. The third-order valence-electron chi connectivity index (χ3n) is 4.28. The summed E-state index contributed by atoms with van der Waals surface area (Å²) in [6, 6.07) is 0. The zero-order valence-corrected chi connectivity index (χ0v) is 16.9. The number of halogens is 2. The van der Waals surface area contributed by atoms with Crippen molar-refractivity contribution < 1.29 is 0 Å². The molecule has 3 heterocycles. The van der Waals surface area contributed by atoms with Crippen LogP contribution in [0.4, 0.5) is 0 Å². The van der Waals surface area contributed by atoms with Crippen LogP contribution in [0.5, 0.6) is 0 Å². The van der Waals surface area contributed by atoms with E-state index in [2.05, 4.69) is 75.7 Å². The highest BCUT2D eigenvalue weighted by Gasteiger charge is 2.61. The van der Waals surface area contributed by atoms with Crippen molar-refractivity contribution in [2.24, 2.45) is 16.7 Å². The zero-order chi connectivity index (χ0) is 13.9. The number of fused-ring (bicyclic) bond motifs is 2. The smallest absolute Gasteiger partial charge is 0.0564 e. The molecule has 0 N–H and O–H groups in total. The first-order valence-electron chi connectivity index (χ1n) is 6.60. The summed E-state index contributed by atoms with van der Waals surface area (Å²) in [6.07, 6.45) is 6.39. The summed E-state index contributed by atoms with van der Waals surface area (Å²) in [4.78, 5) is 0.270. The zero-order valence-electron chi connectivity index (χ0n) is 12.2. The first-order chi connectivity index (χ1) is 8.02. The lowest BCUT2D eigenvalue weighted by Crippen LogP contribution is -2.50. The van der Waals surface area contributed by atoms with E-state index in [1.165, 1.54) is 6.16 Å². The van der Waals surface area contributed by atoms with Crippen molar-refractivity contribution in [3.63, 3.8) is 0 Å². The Morgan fingerprint density at radius 3 is 2.17 bits per heavy atom. The Morgan fingerprint density at radius 2 is 1.78 bits per heavy atom. The molecule has 104 valence electrons. The van der Waals surface area contributed by atoms with Crippen LogP contribution < -0.4 is 0 Å². The molecule has 0 aliphatic carbocycles. The molecule has 3 aliphatic heterocycles. The highest BCUT2D eigenvalue weighted by molar-refractivity contribution is 14.2. The Morgan fingerprint density at radius 1 is 1.22 bits per heavy atom. The Bertz CT molecular complexity index is 369. The van der Waals surface area contributed by atoms with Crippen LogP contribution in [0.25, 0.3) is 0 Å². The largest absolute Gasteiger partial charge is 0.0947 e. The molecule has 0 amide bonds. The van der Waals surface area contributed by atoms with E-state index in [0.717, 1.165) is 5.92 Å². The van der Waals surface area contributed by atoms with Gasteiger partial charge in [0.25, 0.3) is 0 Å². The van der Waals surface area contributed by atoms with Gasteiger partial charge in [-0.2, -0.15) is 0 Å². The summed E-state index contributed by atoms with van der Waals surface area (Å²) < 4.78 is 0. The fourth-order valence-corrected chi connectivity index (χ4v) is 19.8. The van der Waals surface area contributed by atoms with Crippen molar-refractivity contribution in [3.05, 3.63) is 12.2 Å². The lowest BCUT2D eigenvalue weighted by Gasteiger charge is -2.61. The minimum Gasteiger partial charge on any atom is -0.0947 e. The quantitative estimate of drug-likeness (QED) is 0.231. The molecule has 0 spiro atoms. The van der Waals surface area contributed by atoms with E-state index in [1.54, 1.807) is 0 Å². The molecular weight excluding hydrogens is 392 g/mol. The normalized spacial score (nSPS) is 44.4. The van der Waals surface area contributed by atoms with Gasteiger partial charge in [-0.15, -0.1) is 0 Å². The Balaban J connectivity index is 2.52. The molecule has 5 atom stereocenters. The van der Waals surface area contributed by atoms with Crippen molar-refractivity contribution >= 4 is 46.1 Å². The van der Waals surface area contributed by atoms with Crippen molar-refractivity contribution in [2.45, 2.75) is 52.1 Å². The maximum absolute atomic E-state index is 7.13. The van der Waals surface area contributed by atoms with Crippen LogP contribution in [-0.2, 0) is 0 Å². The second-order valence-electron chi connectivity index (χ2n) is 7.67. The maximum atomic E-state index is 7.13. The van der Waals surface area contributed by atoms with Crippen LogP contribution in [-0.4, -0.2) is 16.7 Å². The van der Waals surface area contributed by atoms with E-state index in [-0.39, 0.29) is 15.9 Å². The van der Waals surface area contributed by atoms with Crippen molar-refractivity contribution in [3.8, 4) is 0 Å². The van der Waals surface area contributed by atoms with E-state index in [1.807, 2.05) is 0 Å². The third kappa shape index (κ3) is 2.24. The number of hydrogen-bond acceptors (Lipinski definition) is 0. The molecule has 0 aromatic heterocycles. The third-order valence-corrected chi connectivity index (χ3v) is 17.5. The average Bonchev–Trinajstić information content (AvgIpc) is 2.13. The van der Waals surface area contributed by atoms with Gasteiger partial charge in [0.15, 0.2) is 0 Å². The molecule has 0 saturated carbocycles. The van der Waals surface area contributed by atoms with Gasteiger partial charge in [-0.05, 0) is 28.5 Å². The van der Waals surface area contributed by atoms with Gasteiger partial charge in [0.2, 0.25) is 0 Å². The molecule has 1 saturated heterocycles. The van der Waals surface area contributed by atoms with Crippen LogP contribution in [0, 0.1) is 16.7 Å². The fourth-order valence-electron chi connectivity index (χ4n) is 3.40. The summed E-state index contributed by atoms with van der Waals surface area (Å²) in [7, 11) is -0.462. The predicted molar refractivity (Wildman–Crippen MR) is 96.6 cm³/mol. The number of rotatable bonds is 0. The van der Waals surface area contributed by atoms with Gasteiger partial charge < -0.3 is 0 Å². The monoisotopic (exact) mass is 416 g/mol. The van der Waals surface area contributed by atoms with Gasteiger partial charge in [-0.3, -0.25) is 0 Å². The van der Waals surface area contributed by atoms with Crippen molar-refractivity contribution in [1.29, 1.82) is 0 Å². The Labute approximate surface area is 132 Å². The van der Waals surface area contributed by atoms with E-state index >= 15 is 0 Å². The minimum absolute atomic E-state index is 0.0108. The van der Waals surface area contributed by atoms with E-state index in [9.17, 15) is 0 Å². The molecule has 5 unspecified atom stereocenters. The molecule has 0 aromatic carbocycles. The van der Waals surface area contributed by atoms with Gasteiger partial charge in [-0.1, -0.05) is 87.0 Å². The highest BCUT2D eigenvalue weighted by Crippen LogP contribution is 2.87. The number of allylic oxidation sites excluding steroid dienone is 2. The van der Waals surface area contributed by atoms with Gasteiger partial charge >= 0.3 is 0 Å². The molecule has 0 radical (unpaired) electrons. The van der Waals surface area contributed by atoms with E-state index in [0.29, 0.717) is 11.1 Å². The second kappa shape index (κ2) is 4.82. The summed E-state index contributed by atoms with van der Waals surface area (Å²) in [5.74, 6) is 0.723. The SMILES string of the molecule is CC(C)(C)C1C2C=CC(C(C)(C)C)(P(I)C2)P1Cl. The van der Waals surface area contributed by atoms with Gasteiger partial charge in [0.05, 0.1) is 4.90 Å². The first kappa shape index (κ1) is 16.0. The summed E-state index contributed by atoms with van der Waals surface area (Å²) in [5.41, 5.74) is 1.26. The lowest BCUT2D eigenvalue weighted by molar-refractivity contribution is 0.320. The molecule has 2 bridgehead atoms. The molecule has 0 nitrogen and oxygen atoms in total. The molecule has 18 heavy (non-hydrogen) atoms. The van der Waals surface area contributed by atoms with Gasteiger partial charge in [0, 0.05) is 12.9 Å². The van der Waals surface area contributed by atoms with Gasteiger partial charge in [0.1, 0.15) is 0 Å². The maximum Gasteiger partial charge on any atom is 0.0564 e. The first-order valence-corrected chi connectivity index (χ1v) is 13.2. The highest BCUT2D eigenvalue weighted by atomic mass is 127. The van der Waals surface area contributed by atoms with Crippen LogP contribution >= 0.6 is 46.1 Å². The van der Waals surface area contributed by atoms with Gasteiger partial charge in [-0.25, -0.2) is 0 Å². The van der Waals surface area contributed by atoms with Crippen molar-refractivity contribution in [1.82, 2.24) is 0 Å². The topological polar surface area (TPSA) is 0 Å². The molecule has 3 aliphatic rings. The lowest BCUT2D eigenvalue weighted by atomic mass is 9.82. The van der Waals surface area contributed by atoms with E-state index in [4.69, 9.17) is 11.2 Å². The molecule has 0 aromatic rings. The standard InChI is InChI=1S/C14H24ClIP2/c1-12(2,3)11-10-7-8-14(18(11)15,13(4,5)6)17(16)9-10/h7-8,10-11H,9H2,1-6H3. The van der Waals surface area contributed by atoms with Crippen molar-refractivity contribution in [2.75, 3.05) is 6.16 Å². The van der Waals surface area contributed by atoms with Crippen LogP contribution in [0.15, 0.2) is 12.2 Å². The molecule has 1 fully saturated rings. The van der Waals surface area contributed by atoms with Crippen LogP contribution in [0.2, 0.25) is 0 Å². The fraction of sp³-hybridized carbons (Fsp3) is 0.857. The average molecular weight is 417 g/mol. The summed E-state index contributed by atoms with van der Waals surface area (Å²) >= 11 is 9.85. The predicted octanol–water partition coefficient (Wildman–Crippen LogP) is 6.81. The van der Waals surface area contributed by atoms with E-state index < -0.39 is 7.27 Å². The Hall–Kier alpha value is 1.62. The van der Waals surface area contributed by atoms with Crippen LogP contribution in [0.1, 0.15) is 41.5 Å². The summed E-state index contributed by atoms with van der Waals surface area (Å²) in [6.45, 7) is 14.3. The molecule has 4 heteroatoms.